The van der Waals surface area contributed by atoms with Crippen molar-refractivity contribution in [3.63, 3.8) is 0 Å². The molecule has 4 rings (SSSR count). The monoisotopic (exact) mass is 353 g/mol. The zero-order chi connectivity index (χ0) is 17.8. The fraction of sp³-hybridized carbons (Fsp3) is 0.278. The van der Waals surface area contributed by atoms with Crippen LogP contribution in [-0.4, -0.2) is 47.0 Å². The van der Waals surface area contributed by atoms with Crippen LogP contribution in [0.5, 0.6) is 0 Å². The lowest BCUT2D eigenvalue weighted by molar-refractivity contribution is 0.0714. The quantitative estimate of drug-likeness (QED) is 0.752. The predicted molar refractivity (Wildman–Crippen MR) is 94.9 cm³/mol. The van der Waals surface area contributed by atoms with E-state index in [0.29, 0.717) is 44.4 Å². The minimum atomic E-state index is -0.0792. The minimum Gasteiger partial charge on any atom is -0.467 e. The predicted octanol–water partition coefficient (Wildman–Crippen LogP) is 2.24. The molecule has 1 saturated heterocycles. The highest BCUT2D eigenvalue weighted by Gasteiger charge is 2.24. The molecule has 0 aliphatic carbocycles. The maximum atomic E-state index is 12.3. The molecule has 1 amide bonds. The second kappa shape index (κ2) is 7.30. The van der Waals surface area contributed by atoms with Gasteiger partial charge in [-0.1, -0.05) is 0 Å². The van der Waals surface area contributed by atoms with Crippen molar-refractivity contribution < 1.29 is 13.6 Å². The van der Waals surface area contributed by atoms with Crippen LogP contribution < -0.4 is 10.2 Å². The SMILES string of the molecule is O=C(c1ccco1)N1CCN(c2nccc(NCc3ccco3)n2)CC1. The number of nitrogens with one attached hydrogen (secondary N) is 1. The molecule has 3 aromatic heterocycles. The summed E-state index contributed by atoms with van der Waals surface area (Å²) in [6, 6.07) is 8.99. The Balaban J connectivity index is 1.35. The number of anilines is 2. The number of carbonyl (C=O) groups is 1. The summed E-state index contributed by atoms with van der Waals surface area (Å²) in [5.74, 6) is 2.53. The Labute approximate surface area is 150 Å². The lowest BCUT2D eigenvalue weighted by atomic mass is 10.3. The highest BCUT2D eigenvalue weighted by molar-refractivity contribution is 5.91. The normalized spacial score (nSPS) is 14.5. The van der Waals surface area contributed by atoms with E-state index >= 15 is 0 Å². The summed E-state index contributed by atoms with van der Waals surface area (Å²) in [5.41, 5.74) is 0. The van der Waals surface area contributed by atoms with Gasteiger partial charge in [-0.2, -0.15) is 4.98 Å². The van der Waals surface area contributed by atoms with E-state index in [1.165, 1.54) is 6.26 Å². The fourth-order valence-corrected chi connectivity index (χ4v) is 2.86. The van der Waals surface area contributed by atoms with Crippen molar-refractivity contribution in [2.75, 3.05) is 36.4 Å². The van der Waals surface area contributed by atoms with E-state index in [2.05, 4.69) is 20.2 Å². The Hall–Kier alpha value is -3.29. The Morgan fingerprint density at radius 3 is 2.62 bits per heavy atom. The number of hydrogen-bond acceptors (Lipinski definition) is 7. The molecule has 1 N–H and O–H groups in total. The Bertz CT molecular complexity index is 840. The smallest absolute Gasteiger partial charge is 0.289 e. The first-order valence-corrected chi connectivity index (χ1v) is 8.46. The lowest BCUT2D eigenvalue weighted by Gasteiger charge is -2.34. The maximum absolute atomic E-state index is 12.3. The molecule has 134 valence electrons. The van der Waals surface area contributed by atoms with Crippen LogP contribution in [0, 0.1) is 0 Å². The van der Waals surface area contributed by atoms with Gasteiger partial charge in [-0.05, 0) is 30.3 Å². The number of nitrogens with zero attached hydrogens (tertiary/aromatic N) is 4. The van der Waals surface area contributed by atoms with Crippen LogP contribution in [0.15, 0.2) is 57.9 Å². The van der Waals surface area contributed by atoms with Crippen molar-refractivity contribution in [3.05, 3.63) is 60.6 Å². The Morgan fingerprint density at radius 1 is 1.08 bits per heavy atom. The number of piperazine rings is 1. The number of furan rings is 2. The average molecular weight is 353 g/mol. The molecular weight excluding hydrogens is 334 g/mol. The molecule has 0 aromatic carbocycles. The van der Waals surface area contributed by atoms with Gasteiger partial charge in [0.05, 0.1) is 19.1 Å². The number of carbonyl (C=O) groups excluding carboxylic acids is 1. The largest absolute Gasteiger partial charge is 0.467 e. The van der Waals surface area contributed by atoms with Gasteiger partial charge in [-0.25, -0.2) is 4.98 Å². The Kier molecular flexibility index (Phi) is 4.55. The zero-order valence-electron chi connectivity index (χ0n) is 14.2. The van der Waals surface area contributed by atoms with Gasteiger partial charge in [0, 0.05) is 32.4 Å². The van der Waals surface area contributed by atoms with Gasteiger partial charge in [0.15, 0.2) is 5.76 Å². The van der Waals surface area contributed by atoms with Crippen LogP contribution in [0.4, 0.5) is 11.8 Å². The van der Waals surface area contributed by atoms with E-state index in [0.717, 1.165) is 11.6 Å². The van der Waals surface area contributed by atoms with Gasteiger partial charge in [0.2, 0.25) is 5.95 Å². The molecule has 4 heterocycles. The molecule has 0 unspecified atom stereocenters. The van der Waals surface area contributed by atoms with Crippen molar-refractivity contribution in [2.45, 2.75) is 6.54 Å². The van der Waals surface area contributed by atoms with Gasteiger partial charge < -0.3 is 24.0 Å². The van der Waals surface area contributed by atoms with Gasteiger partial charge in [0.1, 0.15) is 11.6 Å². The van der Waals surface area contributed by atoms with Crippen LogP contribution in [0.1, 0.15) is 16.3 Å². The summed E-state index contributed by atoms with van der Waals surface area (Å²) in [7, 11) is 0. The molecule has 1 aliphatic heterocycles. The van der Waals surface area contributed by atoms with Crippen LogP contribution in [0.3, 0.4) is 0 Å². The van der Waals surface area contributed by atoms with Crippen molar-refractivity contribution in [3.8, 4) is 0 Å². The van der Waals surface area contributed by atoms with Gasteiger partial charge in [-0.3, -0.25) is 4.79 Å². The number of hydrogen-bond donors (Lipinski definition) is 1. The third-order valence-electron chi connectivity index (χ3n) is 4.25. The molecule has 1 fully saturated rings. The maximum Gasteiger partial charge on any atom is 0.289 e. The van der Waals surface area contributed by atoms with Crippen LogP contribution >= 0.6 is 0 Å². The van der Waals surface area contributed by atoms with Gasteiger partial charge >= 0.3 is 0 Å². The number of rotatable bonds is 5. The summed E-state index contributed by atoms with van der Waals surface area (Å²) in [6.45, 7) is 3.12. The van der Waals surface area contributed by atoms with E-state index in [1.54, 1.807) is 29.5 Å². The van der Waals surface area contributed by atoms with E-state index in [1.807, 2.05) is 18.2 Å². The van der Waals surface area contributed by atoms with Crippen LogP contribution in [0.2, 0.25) is 0 Å². The average Bonchev–Trinajstić information content (AvgIpc) is 3.40. The summed E-state index contributed by atoms with van der Waals surface area (Å²) in [5, 5.41) is 3.22. The van der Waals surface area contributed by atoms with Gasteiger partial charge in [0.25, 0.3) is 5.91 Å². The summed E-state index contributed by atoms with van der Waals surface area (Å²) in [4.78, 5) is 25.1. The fourth-order valence-electron chi connectivity index (χ4n) is 2.86. The van der Waals surface area contributed by atoms with Crippen LogP contribution in [0.25, 0.3) is 0 Å². The highest BCUT2D eigenvalue weighted by Crippen LogP contribution is 2.16. The number of amides is 1. The molecule has 0 radical (unpaired) electrons. The molecule has 3 aromatic rings. The third kappa shape index (κ3) is 3.53. The molecule has 8 heteroatoms. The van der Waals surface area contributed by atoms with Crippen LogP contribution in [-0.2, 0) is 6.54 Å². The molecule has 8 nitrogen and oxygen atoms in total. The molecule has 0 saturated carbocycles. The van der Waals surface area contributed by atoms with E-state index in [-0.39, 0.29) is 5.91 Å². The summed E-state index contributed by atoms with van der Waals surface area (Å²) >= 11 is 0. The summed E-state index contributed by atoms with van der Waals surface area (Å²) in [6.07, 6.45) is 4.89. The topological polar surface area (TPSA) is 87.6 Å². The van der Waals surface area contributed by atoms with Crippen molar-refractivity contribution >= 4 is 17.7 Å². The molecule has 0 bridgehead atoms. The first-order chi connectivity index (χ1) is 12.8. The standard InChI is InChI=1S/C18H19N5O3/c24-17(15-4-2-12-26-15)22-7-9-23(10-8-22)18-19-6-5-16(21-18)20-13-14-3-1-11-25-14/h1-6,11-12H,7-10,13H2,(H,19,20,21). The molecule has 0 spiro atoms. The first kappa shape index (κ1) is 16.2. The van der Waals surface area contributed by atoms with Crippen molar-refractivity contribution in [1.29, 1.82) is 0 Å². The Morgan fingerprint density at radius 2 is 1.88 bits per heavy atom. The lowest BCUT2D eigenvalue weighted by Crippen LogP contribution is -2.49. The molecule has 26 heavy (non-hydrogen) atoms. The minimum absolute atomic E-state index is 0.0792. The number of aromatic nitrogens is 2. The van der Waals surface area contributed by atoms with E-state index < -0.39 is 0 Å². The summed E-state index contributed by atoms with van der Waals surface area (Å²) < 4.78 is 10.5. The van der Waals surface area contributed by atoms with Gasteiger partial charge in [-0.15, -0.1) is 0 Å². The molecule has 1 aliphatic rings. The van der Waals surface area contributed by atoms with Crippen molar-refractivity contribution in [1.82, 2.24) is 14.9 Å². The highest BCUT2D eigenvalue weighted by atomic mass is 16.3. The van der Waals surface area contributed by atoms with Crippen molar-refractivity contribution in [2.24, 2.45) is 0 Å². The zero-order valence-corrected chi connectivity index (χ0v) is 14.2. The third-order valence-corrected chi connectivity index (χ3v) is 4.25. The molecular formula is C18H19N5O3. The first-order valence-electron chi connectivity index (χ1n) is 8.46. The van der Waals surface area contributed by atoms with E-state index in [4.69, 9.17) is 8.83 Å². The van der Waals surface area contributed by atoms with E-state index in [9.17, 15) is 4.79 Å². The second-order valence-corrected chi connectivity index (χ2v) is 5.93. The molecule has 0 atom stereocenters. The second-order valence-electron chi connectivity index (χ2n) is 5.93.